The first-order valence-corrected chi connectivity index (χ1v) is 10.0. The minimum absolute atomic E-state index is 0.240. The summed E-state index contributed by atoms with van der Waals surface area (Å²) >= 11 is 0. The van der Waals surface area contributed by atoms with Crippen LogP contribution >= 0.6 is 0 Å². The molecule has 0 aromatic heterocycles. The third-order valence-corrected chi connectivity index (χ3v) is 6.92. The molecule has 5 nitrogen and oxygen atoms in total. The maximum Gasteiger partial charge on any atom is 0.243 e. The second kappa shape index (κ2) is 6.12. The number of aliphatic hydroxyl groups is 1. The zero-order valence-electron chi connectivity index (χ0n) is 13.8. The highest BCUT2D eigenvalue weighted by atomic mass is 32.2. The molecule has 2 aromatic carbocycles. The average molecular weight is 359 g/mol. The number of sulfonamides is 1. The van der Waals surface area contributed by atoms with E-state index in [1.165, 1.54) is 4.31 Å². The fraction of sp³-hybridized carbons (Fsp3) is 0.368. The summed E-state index contributed by atoms with van der Waals surface area (Å²) in [5.74, 6) is 1.29. The van der Waals surface area contributed by atoms with Crippen LogP contribution in [0.3, 0.4) is 0 Å². The van der Waals surface area contributed by atoms with E-state index in [0.29, 0.717) is 30.9 Å². The fourth-order valence-electron chi connectivity index (χ4n) is 3.47. The average Bonchev–Trinajstić information content (AvgIpc) is 3.16. The molecule has 132 valence electrons. The van der Waals surface area contributed by atoms with Gasteiger partial charge in [0.15, 0.2) is 0 Å². The monoisotopic (exact) mass is 359 g/mol. The number of hydrogen-bond acceptors (Lipinski definition) is 4. The zero-order valence-corrected chi connectivity index (χ0v) is 14.7. The molecule has 1 atom stereocenters. The van der Waals surface area contributed by atoms with Crippen molar-refractivity contribution in [1.82, 2.24) is 4.31 Å². The lowest BCUT2D eigenvalue weighted by molar-refractivity contribution is 0.0826. The topological polar surface area (TPSA) is 66.8 Å². The van der Waals surface area contributed by atoms with Gasteiger partial charge in [-0.05, 0) is 62.1 Å². The lowest BCUT2D eigenvalue weighted by Gasteiger charge is -2.28. The molecule has 0 radical (unpaired) electrons. The summed E-state index contributed by atoms with van der Waals surface area (Å²) < 4.78 is 33.1. The SMILES string of the molecule is O=S(=O)(c1ccc(Oc2ccccc2)cc1)N1CCCC1C1(O)CC1. The molecule has 2 aliphatic rings. The van der Waals surface area contributed by atoms with Gasteiger partial charge in [-0.1, -0.05) is 18.2 Å². The molecule has 0 spiro atoms. The van der Waals surface area contributed by atoms with Gasteiger partial charge in [-0.2, -0.15) is 4.31 Å². The predicted octanol–water partition coefficient (Wildman–Crippen LogP) is 3.16. The summed E-state index contributed by atoms with van der Waals surface area (Å²) in [7, 11) is -3.60. The smallest absolute Gasteiger partial charge is 0.243 e. The highest BCUT2D eigenvalue weighted by Crippen LogP contribution is 2.46. The molecule has 1 N–H and O–H groups in total. The summed E-state index contributed by atoms with van der Waals surface area (Å²) in [4.78, 5) is 0.240. The third kappa shape index (κ3) is 3.17. The first-order chi connectivity index (χ1) is 12.0. The molecular weight excluding hydrogens is 338 g/mol. The van der Waals surface area contributed by atoms with Gasteiger partial charge in [0.2, 0.25) is 10.0 Å². The Morgan fingerprint density at radius 2 is 1.64 bits per heavy atom. The lowest BCUT2D eigenvalue weighted by atomic mass is 10.1. The van der Waals surface area contributed by atoms with Crippen LogP contribution in [-0.2, 0) is 10.0 Å². The van der Waals surface area contributed by atoms with Crippen LogP contribution in [0.2, 0.25) is 0 Å². The quantitative estimate of drug-likeness (QED) is 0.890. The Kier molecular flexibility index (Phi) is 4.06. The van der Waals surface area contributed by atoms with E-state index in [0.717, 1.165) is 12.8 Å². The van der Waals surface area contributed by atoms with E-state index in [4.69, 9.17) is 4.74 Å². The number of hydrogen-bond donors (Lipinski definition) is 1. The summed E-state index contributed by atoms with van der Waals surface area (Å²) in [5, 5.41) is 10.4. The van der Waals surface area contributed by atoms with E-state index >= 15 is 0 Å². The third-order valence-electron chi connectivity index (χ3n) is 5.00. The van der Waals surface area contributed by atoms with Crippen molar-refractivity contribution in [2.24, 2.45) is 0 Å². The highest BCUT2D eigenvalue weighted by Gasteiger charge is 2.54. The van der Waals surface area contributed by atoms with Crippen LogP contribution in [0.25, 0.3) is 0 Å². The standard InChI is InChI=1S/C19H21NO4S/c21-19(12-13-19)18-7-4-14-20(18)25(22,23)17-10-8-16(9-11-17)24-15-5-2-1-3-6-15/h1-3,5-6,8-11,18,21H,4,7,12-14H2. The molecule has 2 fully saturated rings. The molecule has 0 amide bonds. The molecule has 1 aliphatic carbocycles. The van der Waals surface area contributed by atoms with E-state index < -0.39 is 15.6 Å². The van der Waals surface area contributed by atoms with Crippen LogP contribution < -0.4 is 4.74 Å². The van der Waals surface area contributed by atoms with E-state index in [9.17, 15) is 13.5 Å². The van der Waals surface area contributed by atoms with Crippen molar-refractivity contribution in [3.8, 4) is 11.5 Å². The first kappa shape index (κ1) is 16.6. The van der Waals surface area contributed by atoms with E-state index in [1.54, 1.807) is 24.3 Å². The number of benzene rings is 2. The van der Waals surface area contributed by atoms with Gasteiger partial charge in [-0.3, -0.25) is 0 Å². The maximum atomic E-state index is 13.0. The Balaban J connectivity index is 1.54. The van der Waals surface area contributed by atoms with Crippen molar-refractivity contribution in [2.45, 2.75) is 42.2 Å². The van der Waals surface area contributed by atoms with Gasteiger partial charge >= 0.3 is 0 Å². The molecule has 1 saturated carbocycles. The molecule has 4 rings (SSSR count). The Bertz CT molecular complexity index is 845. The second-order valence-electron chi connectivity index (χ2n) is 6.76. The van der Waals surface area contributed by atoms with Gasteiger partial charge in [-0.15, -0.1) is 0 Å². The van der Waals surface area contributed by atoms with Crippen molar-refractivity contribution in [1.29, 1.82) is 0 Å². The minimum Gasteiger partial charge on any atom is -0.457 e. The van der Waals surface area contributed by atoms with Gasteiger partial charge in [0.05, 0.1) is 16.5 Å². The Morgan fingerprint density at radius 3 is 2.28 bits per heavy atom. The van der Waals surface area contributed by atoms with Crippen molar-refractivity contribution < 1.29 is 18.3 Å². The Morgan fingerprint density at radius 1 is 1.00 bits per heavy atom. The van der Waals surface area contributed by atoms with E-state index in [2.05, 4.69) is 0 Å². The number of nitrogens with zero attached hydrogens (tertiary/aromatic N) is 1. The molecule has 25 heavy (non-hydrogen) atoms. The van der Waals surface area contributed by atoms with Crippen molar-refractivity contribution in [2.75, 3.05) is 6.54 Å². The Labute approximate surface area is 147 Å². The van der Waals surface area contributed by atoms with Crippen LogP contribution in [0.15, 0.2) is 59.5 Å². The molecule has 1 aliphatic heterocycles. The number of ether oxygens (including phenoxy) is 1. The normalized spacial score (nSPS) is 22.7. The summed E-state index contributed by atoms with van der Waals surface area (Å²) in [6.45, 7) is 0.470. The van der Waals surface area contributed by atoms with Crippen LogP contribution in [0.5, 0.6) is 11.5 Å². The first-order valence-electron chi connectivity index (χ1n) is 8.56. The van der Waals surface area contributed by atoms with Crippen molar-refractivity contribution in [3.05, 3.63) is 54.6 Å². The van der Waals surface area contributed by atoms with E-state index in [-0.39, 0.29) is 10.9 Å². The van der Waals surface area contributed by atoms with Crippen molar-refractivity contribution in [3.63, 3.8) is 0 Å². The molecule has 1 unspecified atom stereocenters. The van der Waals surface area contributed by atoms with Gasteiger partial charge in [-0.25, -0.2) is 8.42 Å². The number of para-hydroxylation sites is 1. The zero-order chi connectivity index (χ0) is 17.5. The highest BCUT2D eigenvalue weighted by molar-refractivity contribution is 7.89. The second-order valence-corrected chi connectivity index (χ2v) is 8.65. The van der Waals surface area contributed by atoms with Crippen LogP contribution in [0, 0.1) is 0 Å². The predicted molar refractivity (Wildman–Crippen MR) is 94.1 cm³/mol. The summed E-state index contributed by atoms with van der Waals surface area (Å²) in [6, 6.07) is 15.5. The Hall–Kier alpha value is -1.89. The van der Waals surface area contributed by atoms with E-state index in [1.807, 2.05) is 30.3 Å². The fourth-order valence-corrected chi connectivity index (χ4v) is 5.22. The molecular formula is C19H21NO4S. The van der Waals surface area contributed by atoms with Crippen molar-refractivity contribution >= 4 is 10.0 Å². The lowest BCUT2D eigenvalue weighted by Crippen LogP contribution is -2.43. The van der Waals surface area contributed by atoms with Crippen LogP contribution in [0.1, 0.15) is 25.7 Å². The van der Waals surface area contributed by atoms with Gasteiger partial charge in [0.1, 0.15) is 11.5 Å². The molecule has 2 aromatic rings. The van der Waals surface area contributed by atoms with Gasteiger partial charge < -0.3 is 9.84 Å². The largest absolute Gasteiger partial charge is 0.457 e. The molecule has 6 heteroatoms. The van der Waals surface area contributed by atoms with Crippen LogP contribution in [-0.4, -0.2) is 36.0 Å². The minimum atomic E-state index is -3.60. The maximum absolute atomic E-state index is 13.0. The van der Waals surface area contributed by atoms with Crippen LogP contribution in [0.4, 0.5) is 0 Å². The molecule has 1 saturated heterocycles. The summed E-state index contributed by atoms with van der Waals surface area (Å²) in [6.07, 6.45) is 2.90. The summed E-state index contributed by atoms with van der Waals surface area (Å²) in [5.41, 5.74) is -0.820. The molecule has 0 bridgehead atoms. The molecule has 1 heterocycles. The van der Waals surface area contributed by atoms with Gasteiger partial charge in [0, 0.05) is 6.54 Å². The van der Waals surface area contributed by atoms with Gasteiger partial charge in [0.25, 0.3) is 0 Å². The number of rotatable bonds is 5.